The van der Waals surface area contributed by atoms with Gasteiger partial charge in [0.1, 0.15) is 17.0 Å². The summed E-state index contributed by atoms with van der Waals surface area (Å²) in [5, 5.41) is 29.4. The van der Waals surface area contributed by atoms with Crippen LogP contribution in [0, 0.1) is 5.92 Å². The summed E-state index contributed by atoms with van der Waals surface area (Å²) in [6, 6.07) is 12.4. The van der Waals surface area contributed by atoms with Crippen LogP contribution in [0.15, 0.2) is 47.9 Å². The molecule has 1 aromatic carbocycles. The minimum atomic E-state index is -0.396. The van der Waals surface area contributed by atoms with Crippen molar-refractivity contribution in [2.24, 2.45) is 5.92 Å². The van der Waals surface area contributed by atoms with E-state index in [0.717, 1.165) is 24.1 Å². The molecule has 0 bridgehead atoms. The Morgan fingerprint density at radius 3 is 2.73 bits per heavy atom. The van der Waals surface area contributed by atoms with Gasteiger partial charge in [-0.15, -0.1) is 5.10 Å². The second kappa shape index (κ2) is 8.22. The molecule has 0 saturated heterocycles. The predicted molar refractivity (Wildman–Crippen MR) is 128 cm³/mol. The van der Waals surface area contributed by atoms with Crippen molar-refractivity contribution in [3.05, 3.63) is 70.0 Å². The number of halogens is 1. The molecule has 3 N–H and O–H groups in total. The molecule has 0 amide bonds. The first kappa shape index (κ1) is 22.0. The molecule has 33 heavy (non-hydrogen) atoms. The highest BCUT2D eigenvalue weighted by Crippen LogP contribution is 2.42. The maximum Gasteiger partial charge on any atom is 0.243 e. The fourth-order valence-corrected chi connectivity index (χ4v) is 5.05. The number of aliphatic hydroxyl groups excluding tert-OH is 2. The van der Waals surface area contributed by atoms with Crippen LogP contribution in [0.5, 0.6) is 0 Å². The zero-order valence-corrected chi connectivity index (χ0v) is 19.8. The van der Waals surface area contributed by atoms with E-state index in [2.05, 4.69) is 39.7 Å². The SMILES string of the molecule is CC(C)(C)OCC1CC(c2ccc3c(N[C@@H]4CCc5ccccc54)nc(Cl)nn23)C(O)=C1O. The number of hydrogen-bond donors (Lipinski definition) is 3. The number of nitrogens with one attached hydrogen (secondary N) is 1. The third-order valence-corrected chi connectivity index (χ3v) is 6.69. The Morgan fingerprint density at radius 2 is 1.94 bits per heavy atom. The summed E-state index contributed by atoms with van der Waals surface area (Å²) >= 11 is 6.31. The summed E-state index contributed by atoms with van der Waals surface area (Å²) in [6.45, 7) is 6.24. The van der Waals surface area contributed by atoms with Gasteiger partial charge < -0.3 is 20.3 Å². The van der Waals surface area contributed by atoms with E-state index in [1.165, 1.54) is 11.1 Å². The first-order valence-corrected chi connectivity index (χ1v) is 11.7. The first-order valence-electron chi connectivity index (χ1n) is 11.4. The Hall–Kier alpha value is -2.77. The van der Waals surface area contributed by atoms with E-state index in [9.17, 15) is 10.2 Å². The molecule has 0 aliphatic heterocycles. The number of rotatable bonds is 5. The molecular formula is C25H29ClN4O3. The molecule has 0 saturated carbocycles. The van der Waals surface area contributed by atoms with Crippen LogP contribution in [-0.4, -0.2) is 37.0 Å². The number of aryl methyl sites for hydroxylation is 1. The van der Waals surface area contributed by atoms with Crippen LogP contribution in [0.1, 0.15) is 62.4 Å². The summed E-state index contributed by atoms with van der Waals surface area (Å²) in [5.74, 6) is -0.0650. The smallest absolute Gasteiger partial charge is 0.243 e. The maximum atomic E-state index is 10.7. The quantitative estimate of drug-likeness (QED) is 0.443. The van der Waals surface area contributed by atoms with Gasteiger partial charge in [0, 0.05) is 5.92 Å². The van der Waals surface area contributed by atoms with E-state index in [1.807, 2.05) is 32.9 Å². The van der Waals surface area contributed by atoms with Gasteiger partial charge in [-0.25, -0.2) is 4.52 Å². The fraction of sp³-hybridized carbons (Fsp3) is 0.440. The molecule has 2 aromatic heterocycles. The Kier molecular flexibility index (Phi) is 5.49. The molecule has 3 aromatic rings. The largest absolute Gasteiger partial charge is 0.508 e. The van der Waals surface area contributed by atoms with E-state index in [4.69, 9.17) is 16.3 Å². The van der Waals surface area contributed by atoms with Gasteiger partial charge in [0.2, 0.25) is 5.28 Å². The Morgan fingerprint density at radius 1 is 1.15 bits per heavy atom. The average Bonchev–Trinajstić information content (AvgIpc) is 3.44. The third kappa shape index (κ3) is 4.15. The van der Waals surface area contributed by atoms with Gasteiger partial charge in [-0.2, -0.15) is 4.98 Å². The lowest BCUT2D eigenvalue weighted by atomic mass is 9.99. The molecule has 2 aliphatic carbocycles. The van der Waals surface area contributed by atoms with Crippen LogP contribution in [0.3, 0.4) is 0 Å². The zero-order chi connectivity index (χ0) is 23.3. The number of benzene rings is 1. The number of anilines is 1. The van der Waals surface area contributed by atoms with Crippen molar-refractivity contribution in [2.45, 2.75) is 57.6 Å². The van der Waals surface area contributed by atoms with Crippen LogP contribution in [0.2, 0.25) is 5.28 Å². The molecule has 3 atom stereocenters. The summed E-state index contributed by atoms with van der Waals surface area (Å²) < 4.78 is 7.58. The summed E-state index contributed by atoms with van der Waals surface area (Å²) in [4.78, 5) is 4.46. The van der Waals surface area contributed by atoms with Gasteiger partial charge in [0.05, 0.1) is 29.9 Å². The van der Waals surface area contributed by atoms with E-state index in [0.29, 0.717) is 18.8 Å². The monoisotopic (exact) mass is 468 g/mol. The number of allylic oxidation sites excluding steroid dienone is 1. The second-order valence-corrected chi connectivity index (χ2v) is 10.2. The minimum Gasteiger partial charge on any atom is -0.508 e. The summed E-state index contributed by atoms with van der Waals surface area (Å²) in [7, 11) is 0. The highest BCUT2D eigenvalue weighted by Gasteiger charge is 2.37. The number of hydrogen-bond acceptors (Lipinski definition) is 6. The van der Waals surface area contributed by atoms with Crippen LogP contribution in [0.25, 0.3) is 5.52 Å². The lowest BCUT2D eigenvalue weighted by Crippen LogP contribution is -2.23. The molecule has 174 valence electrons. The number of nitrogens with zero attached hydrogens (tertiary/aromatic N) is 3. The van der Waals surface area contributed by atoms with Crippen LogP contribution in [-0.2, 0) is 11.2 Å². The van der Waals surface area contributed by atoms with Gasteiger partial charge in [-0.05, 0) is 74.9 Å². The Bertz CT molecular complexity index is 1230. The first-order chi connectivity index (χ1) is 15.7. The molecular weight excluding hydrogens is 440 g/mol. The van der Waals surface area contributed by atoms with Crippen molar-refractivity contribution in [1.29, 1.82) is 0 Å². The summed E-state index contributed by atoms with van der Waals surface area (Å²) in [6.07, 6.45) is 2.53. The molecule has 7 nitrogen and oxygen atoms in total. The fourth-order valence-electron chi connectivity index (χ4n) is 4.89. The Balaban J connectivity index is 1.44. The molecule has 0 fully saturated rings. The highest BCUT2D eigenvalue weighted by atomic mass is 35.5. The summed E-state index contributed by atoms with van der Waals surface area (Å²) in [5.41, 5.74) is 3.84. The molecule has 0 spiro atoms. The van der Waals surface area contributed by atoms with Gasteiger partial charge in [-0.3, -0.25) is 0 Å². The van der Waals surface area contributed by atoms with Gasteiger partial charge in [0.25, 0.3) is 0 Å². The van der Waals surface area contributed by atoms with E-state index in [-0.39, 0.29) is 34.4 Å². The highest BCUT2D eigenvalue weighted by molar-refractivity contribution is 6.28. The van der Waals surface area contributed by atoms with Gasteiger partial charge >= 0.3 is 0 Å². The van der Waals surface area contributed by atoms with Crippen molar-refractivity contribution in [3.8, 4) is 0 Å². The van der Waals surface area contributed by atoms with Crippen LogP contribution < -0.4 is 5.32 Å². The minimum absolute atomic E-state index is 0.0136. The number of fused-ring (bicyclic) bond motifs is 2. The third-order valence-electron chi connectivity index (χ3n) is 6.53. The molecule has 0 radical (unpaired) electrons. The second-order valence-electron chi connectivity index (χ2n) is 9.90. The number of aromatic nitrogens is 3. The van der Waals surface area contributed by atoms with Crippen molar-refractivity contribution in [3.63, 3.8) is 0 Å². The van der Waals surface area contributed by atoms with Crippen molar-refractivity contribution in [1.82, 2.24) is 14.6 Å². The maximum absolute atomic E-state index is 10.7. The predicted octanol–water partition coefficient (Wildman–Crippen LogP) is 5.73. The van der Waals surface area contributed by atoms with Gasteiger partial charge in [-0.1, -0.05) is 24.3 Å². The molecule has 8 heteroatoms. The topological polar surface area (TPSA) is 91.9 Å². The number of ether oxygens (including phenoxy) is 1. The van der Waals surface area contributed by atoms with Crippen molar-refractivity contribution < 1.29 is 14.9 Å². The van der Waals surface area contributed by atoms with Crippen LogP contribution >= 0.6 is 11.6 Å². The molecule has 2 heterocycles. The zero-order valence-electron chi connectivity index (χ0n) is 19.0. The Labute approximate surface area is 198 Å². The van der Waals surface area contributed by atoms with E-state index in [1.54, 1.807) is 4.52 Å². The lowest BCUT2D eigenvalue weighted by molar-refractivity contribution is -0.0218. The normalized spacial score (nSPS) is 22.8. The molecule has 5 rings (SSSR count). The molecule has 2 unspecified atom stereocenters. The van der Waals surface area contributed by atoms with Gasteiger partial charge in [0.15, 0.2) is 5.82 Å². The number of aliphatic hydroxyl groups is 2. The average molecular weight is 469 g/mol. The van der Waals surface area contributed by atoms with E-state index < -0.39 is 5.92 Å². The lowest BCUT2D eigenvalue weighted by Gasteiger charge is -2.22. The van der Waals surface area contributed by atoms with Crippen LogP contribution in [0.4, 0.5) is 5.82 Å². The van der Waals surface area contributed by atoms with Crippen molar-refractivity contribution in [2.75, 3.05) is 11.9 Å². The standard InChI is InChI=1S/C25H29ClN4O3/c1-25(2,3)33-13-15-12-17(22(32)21(15)31)19-10-11-20-23(28-24(26)29-30(19)20)27-18-9-8-14-6-4-5-7-16(14)18/h4-7,10-11,15,17-18,31-32H,8-9,12-13H2,1-3H3,(H,27,28,29)/t15?,17?,18-/m1/s1. The van der Waals surface area contributed by atoms with Crippen molar-refractivity contribution >= 4 is 22.9 Å². The van der Waals surface area contributed by atoms with E-state index >= 15 is 0 Å². The molecule has 2 aliphatic rings.